The molecule has 0 saturated carbocycles. The van der Waals surface area contributed by atoms with Crippen LogP contribution in [0.25, 0.3) is 0 Å². The van der Waals surface area contributed by atoms with Gasteiger partial charge >= 0.3 is 5.97 Å². The standard InChI is InChI=1S/C21H24ClNO5/c1-5-27-20-17(22)10-16(11-18(20)26-4)21(25)28-13-19(24)23(3)12-15-8-6-14(2)7-9-15/h6-11H,5,12-13H2,1-4H3. The minimum atomic E-state index is -0.666. The van der Waals surface area contributed by atoms with Gasteiger partial charge in [-0.05, 0) is 31.5 Å². The Morgan fingerprint density at radius 2 is 1.82 bits per heavy atom. The van der Waals surface area contributed by atoms with Crippen LogP contribution in [-0.2, 0) is 16.1 Å². The van der Waals surface area contributed by atoms with Gasteiger partial charge in [0.05, 0.1) is 24.3 Å². The zero-order valence-corrected chi connectivity index (χ0v) is 17.2. The van der Waals surface area contributed by atoms with Crippen molar-refractivity contribution in [3.8, 4) is 11.5 Å². The monoisotopic (exact) mass is 405 g/mol. The summed E-state index contributed by atoms with van der Waals surface area (Å²) in [4.78, 5) is 26.1. The Kier molecular flexibility index (Phi) is 7.70. The van der Waals surface area contributed by atoms with Gasteiger partial charge in [-0.15, -0.1) is 0 Å². The van der Waals surface area contributed by atoms with Crippen LogP contribution in [0, 0.1) is 6.92 Å². The number of aryl methyl sites for hydroxylation is 1. The summed E-state index contributed by atoms with van der Waals surface area (Å²) in [6, 6.07) is 10.8. The Bertz CT molecular complexity index is 835. The maximum absolute atomic E-state index is 12.3. The Balaban J connectivity index is 1.98. The number of halogens is 1. The van der Waals surface area contributed by atoms with E-state index in [1.165, 1.54) is 24.1 Å². The molecule has 0 aliphatic rings. The SMILES string of the molecule is CCOc1c(Cl)cc(C(=O)OCC(=O)N(C)Cc2ccc(C)cc2)cc1OC. The highest BCUT2D eigenvalue weighted by Crippen LogP contribution is 2.36. The second-order valence-electron chi connectivity index (χ2n) is 6.23. The lowest BCUT2D eigenvalue weighted by atomic mass is 10.1. The Labute approximate surface area is 169 Å². The number of carbonyl (C=O) groups excluding carboxylic acids is 2. The van der Waals surface area contributed by atoms with Gasteiger partial charge in [0.1, 0.15) is 0 Å². The van der Waals surface area contributed by atoms with Gasteiger partial charge in [-0.3, -0.25) is 4.79 Å². The fourth-order valence-corrected chi connectivity index (χ4v) is 2.76. The topological polar surface area (TPSA) is 65.1 Å². The molecule has 0 heterocycles. The predicted octanol–water partition coefficient (Wildman–Crippen LogP) is 3.87. The Morgan fingerprint density at radius 3 is 2.43 bits per heavy atom. The van der Waals surface area contributed by atoms with Crippen molar-refractivity contribution in [2.24, 2.45) is 0 Å². The number of rotatable bonds is 8. The van der Waals surface area contributed by atoms with E-state index < -0.39 is 5.97 Å². The number of hydrogen-bond donors (Lipinski definition) is 0. The Morgan fingerprint density at radius 1 is 1.14 bits per heavy atom. The zero-order valence-electron chi connectivity index (χ0n) is 16.5. The summed E-state index contributed by atoms with van der Waals surface area (Å²) in [6.45, 7) is 4.28. The maximum atomic E-state index is 12.3. The van der Waals surface area contributed by atoms with Crippen LogP contribution in [0.4, 0.5) is 0 Å². The van der Waals surface area contributed by atoms with Crippen molar-refractivity contribution in [1.82, 2.24) is 4.90 Å². The van der Waals surface area contributed by atoms with Crippen LogP contribution in [0.2, 0.25) is 5.02 Å². The van der Waals surface area contributed by atoms with E-state index in [4.69, 9.17) is 25.8 Å². The molecule has 150 valence electrons. The third-order valence-corrected chi connectivity index (χ3v) is 4.33. The van der Waals surface area contributed by atoms with Crippen LogP contribution in [0.1, 0.15) is 28.4 Å². The van der Waals surface area contributed by atoms with E-state index in [-0.39, 0.29) is 23.1 Å². The summed E-state index contributed by atoms with van der Waals surface area (Å²) < 4.78 is 15.8. The zero-order chi connectivity index (χ0) is 20.7. The molecule has 1 amide bonds. The highest BCUT2D eigenvalue weighted by atomic mass is 35.5. The molecule has 0 fully saturated rings. The number of nitrogens with zero attached hydrogens (tertiary/aromatic N) is 1. The summed E-state index contributed by atoms with van der Waals surface area (Å²) in [5, 5.41) is 0.232. The van der Waals surface area contributed by atoms with E-state index in [9.17, 15) is 9.59 Å². The summed E-state index contributed by atoms with van der Waals surface area (Å²) in [6.07, 6.45) is 0. The normalized spacial score (nSPS) is 10.3. The van der Waals surface area contributed by atoms with Gasteiger partial charge in [0.2, 0.25) is 0 Å². The molecule has 0 saturated heterocycles. The fourth-order valence-electron chi connectivity index (χ4n) is 2.50. The molecule has 0 radical (unpaired) electrons. The second kappa shape index (κ2) is 9.99. The minimum absolute atomic E-state index is 0.180. The molecule has 7 heteroatoms. The number of ether oxygens (including phenoxy) is 3. The van der Waals surface area contributed by atoms with Crippen molar-refractivity contribution in [2.45, 2.75) is 20.4 Å². The summed E-state index contributed by atoms with van der Waals surface area (Å²) in [5.41, 5.74) is 2.33. The lowest BCUT2D eigenvalue weighted by Crippen LogP contribution is -2.30. The molecule has 2 aromatic rings. The van der Waals surface area contributed by atoms with Gasteiger partial charge < -0.3 is 19.1 Å². The van der Waals surface area contributed by atoms with Crippen molar-refractivity contribution in [3.05, 3.63) is 58.1 Å². The average Bonchev–Trinajstić information content (AvgIpc) is 2.68. The second-order valence-corrected chi connectivity index (χ2v) is 6.64. The van der Waals surface area contributed by atoms with Gasteiger partial charge in [0.15, 0.2) is 18.1 Å². The van der Waals surface area contributed by atoms with E-state index in [0.717, 1.165) is 11.1 Å². The summed E-state index contributed by atoms with van der Waals surface area (Å²) >= 11 is 6.16. The van der Waals surface area contributed by atoms with Gasteiger partial charge in [-0.25, -0.2) is 4.79 Å². The average molecular weight is 406 g/mol. The molecule has 2 rings (SSSR count). The molecule has 0 aromatic heterocycles. The lowest BCUT2D eigenvalue weighted by molar-refractivity contribution is -0.133. The van der Waals surface area contributed by atoms with Crippen LogP contribution in [0.15, 0.2) is 36.4 Å². The first-order valence-electron chi connectivity index (χ1n) is 8.82. The summed E-state index contributed by atoms with van der Waals surface area (Å²) in [5.74, 6) is -0.292. The molecule has 0 unspecified atom stereocenters. The third-order valence-electron chi connectivity index (χ3n) is 4.05. The number of hydrogen-bond acceptors (Lipinski definition) is 5. The molecule has 28 heavy (non-hydrogen) atoms. The van der Waals surface area contributed by atoms with Crippen LogP contribution >= 0.6 is 11.6 Å². The lowest BCUT2D eigenvalue weighted by Gasteiger charge is -2.17. The number of benzene rings is 2. The molecule has 0 aliphatic carbocycles. The fraction of sp³-hybridized carbons (Fsp3) is 0.333. The smallest absolute Gasteiger partial charge is 0.338 e. The number of esters is 1. The maximum Gasteiger partial charge on any atom is 0.338 e. The highest BCUT2D eigenvalue weighted by molar-refractivity contribution is 6.32. The van der Waals surface area contributed by atoms with Gasteiger partial charge in [0.25, 0.3) is 5.91 Å². The predicted molar refractivity (Wildman–Crippen MR) is 107 cm³/mol. The molecule has 0 aliphatic heterocycles. The van der Waals surface area contributed by atoms with E-state index in [1.807, 2.05) is 38.1 Å². The van der Waals surface area contributed by atoms with Crippen molar-refractivity contribution in [3.63, 3.8) is 0 Å². The first-order chi connectivity index (χ1) is 13.3. The highest BCUT2D eigenvalue weighted by Gasteiger charge is 2.18. The van der Waals surface area contributed by atoms with Crippen molar-refractivity contribution >= 4 is 23.5 Å². The summed E-state index contributed by atoms with van der Waals surface area (Å²) in [7, 11) is 3.11. The van der Waals surface area contributed by atoms with E-state index >= 15 is 0 Å². The van der Waals surface area contributed by atoms with Crippen molar-refractivity contribution in [2.75, 3.05) is 27.4 Å². The van der Waals surface area contributed by atoms with Crippen LogP contribution in [0.3, 0.4) is 0 Å². The number of methoxy groups -OCH3 is 1. The molecule has 0 N–H and O–H groups in total. The number of carbonyl (C=O) groups is 2. The largest absolute Gasteiger partial charge is 0.493 e. The van der Waals surface area contributed by atoms with Gasteiger partial charge in [0, 0.05) is 13.6 Å². The molecule has 2 aromatic carbocycles. The minimum Gasteiger partial charge on any atom is -0.493 e. The van der Waals surface area contributed by atoms with Crippen molar-refractivity contribution < 1.29 is 23.8 Å². The van der Waals surface area contributed by atoms with E-state index in [0.29, 0.717) is 24.7 Å². The Hall–Kier alpha value is -2.73. The molecule has 6 nitrogen and oxygen atoms in total. The van der Waals surface area contributed by atoms with E-state index in [1.54, 1.807) is 7.05 Å². The number of likely N-dealkylation sites (N-methyl/N-ethyl adjacent to an activating group) is 1. The molecule has 0 bridgehead atoms. The van der Waals surface area contributed by atoms with Crippen LogP contribution in [-0.4, -0.2) is 44.1 Å². The first kappa shape index (κ1) is 21.6. The van der Waals surface area contributed by atoms with Crippen LogP contribution in [0.5, 0.6) is 11.5 Å². The molecular weight excluding hydrogens is 382 g/mol. The van der Waals surface area contributed by atoms with Gasteiger partial charge in [-0.1, -0.05) is 41.4 Å². The van der Waals surface area contributed by atoms with E-state index in [2.05, 4.69) is 0 Å². The van der Waals surface area contributed by atoms with Crippen LogP contribution < -0.4 is 9.47 Å². The third kappa shape index (κ3) is 5.63. The van der Waals surface area contributed by atoms with Gasteiger partial charge in [-0.2, -0.15) is 0 Å². The quantitative estimate of drug-likeness (QED) is 0.624. The molecule has 0 atom stereocenters. The van der Waals surface area contributed by atoms with Crippen molar-refractivity contribution in [1.29, 1.82) is 0 Å². The molecule has 0 spiro atoms. The number of amides is 1. The molecular formula is C21H24ClNO5. The first-order valence-corrected chi connectivity index (χ1v) is 9.20.